The first-order chi connectivity index (χ1) is 8.66. The van der Waals surface area contributed by atoms with Crippen LogP contribution in [0.1, 0.15) is 68.1 Å². The molecule has 0 radical (unpaired) electrons. The molecule has 1 aromatic carbocycles. The van der Waals surface area contributed by atoms with Gasteiger partial charge in [-0.2, -0.15) is 0 Å². The number of hydrogen-bond donors (Lipinski definition) is 0. The van der Waals surface area contributed by atoms with E-state index in [2.05, 4.69) is 60.6 Å². The van der Waals surface area contributed by atoms with Gasteiger partial charge in [0.05, 0.1) is 0 Å². The van der Waals surface area contributed by atoms with Crippen LogP contribution in [-0.2, 0) is 5.41 Å². The average molecular weight is 278 g/mol. The number of hydrogen-bond acceptors (Lipinski definition) is 1. The van der Waals surface area contributed by atoms with E-state index < -0.39 is 0 Å². The maximum Gasteiger partial charge on any atom is 0.181 e. The first kappa shape index (κ1) is 16.4. The molecule has 2 unspecified atom stereocenters. The van der Waals surface area contributed by atoms with Crippen LogP contribution in [0.2, 0.25) is 0 Å². The van der Waals surface area contributed by atoms with Crippen molar-refractivity contribution in [3.63, 3.8) is 0 Å². The zero-order chi connectivity index (χ0) is 14.8. The molecule has 0 saturated carbocycles. The molecule has 0 spiro atoms. The van der Waals surface area contributed by atoms with Crippen LogP contribution in [0.3, 0.4) is 0 Å². The highest BCUT2D eigenvalue weighted by atomic mass is 31.1. The average Bonchev–Trinajstić information content (AvgIpc) is 2.26. The Hall–Kier alpha value is -0.680. The van der Waals surface area contributed by atoms with Crippen molar-refractivity contribution in [2.75, 3.05) is 0 Å². The van der Waals surface area contributed by atoms with E-state index in [4.69, 9.17) is 0 Å². The number of benzene rings is 1. The highest BCUT2D eigenvalue weighted by Gasteiger charge is 2.19. The summed E-state index contributed by atoms with van der Waals surface area (Å²) in [5, 5.41) is 0. The molecule has 0 saturated heterocycles. The Labute approximate surface area is 120 Å². The lowest BCUT2D eigenvalue weighted by Crippen LogP contribution is -2.13. The summed E-state index contributed by atoms with van der Waals surface area (Å²) in [7, 11) is 0.395. The minimum atomic E-state index is 0.135. The molecular formula is C17H27OP. The third-order valence-corrected chi connectivity index (χ3v) is 5.03. The Morgan fingerprint density at radius 1 is 1.21 bits per heavy atom. The molecule has 1 rings (SSSR count). The van der Waals surface area contributed by atoms with Gasteiger partial charge >= 0.3 is 0 Å². The molecule has 0 aliphatic carbocycles. The van der Waals surface area contributed by atoms with Crippen molar-refractivity contribution in [3.8, 4) is 0 Å². The number of carbonyl (C=O) groups is 1. The van der Waals surface area contributed by atoms with Crippen molar-refractivity contribution in [1.82, 2.24) is 0 Å². The zero-order valence-electron chi connectivity index (χ0n) is 13.3. The fourth-order valence-corrected chi connectivity index (χ4v) is 3.34. The predicted molar refractivity (Wildman–Crippen MR) is 87.0 cm³/mol. The molecular weight excluding hydrogens is 251 g/mol. The minimum absolute atomic E-state index is 0.135. The van der Waals surface area contributed by atoms with Crippen molar-refractivity contribution >= 4 is 14.1 Å². The Morgan fingerprint density at radius 2 is 1.68 bits per heavy atom. The molecule has 1 aromatic rings. The van der Waals surface area contributed by atoms with Crippen LogP contribution < -0.4 is 0 Å². The third kappa shape index (κ3) is 4.14. The fraction of sp³-hybridized carbons (Fsp3) is 0.588. The fourth-order valence-electron chi connectivity index (χ4n) is 2.15. The lowest BCUT2D eigenvalue weighted by Gasteiger charge is -2.22. The molecule has 1 nitrogen and oxygen atoms in total. The maximum atomic E-state index is 12.4. The van der Waals surface area contributed by atoms with Crippen molar-refractivity contribution in [2.24, 2.45) is 0 Å². The lowest BCUT2D eigenvalue weighted by atomic mass is 9.84. The summed E-state index contributed by atoms with van der Waals surface area (Å²) in [5.74, 6) is 0. The Bertz CT molecular complexity index is 446. The van der Waals surface area contributed by atoms with Crippen molar-refractivity contribution in [1.29, 1.82) is 0 Å². The van der Waals surface area contributed by atoms with Gasteiger partial charge in [0.2, 0.25) is 0 Å². The highest BCUT2D eigenvalue weighted by molar-refractivity contribution is 7.59. The molecule has 0 bridgehead atoms. The van der Waals surface area contributed by atoms with Crippen molar-refractivity contribution in [3.05, 3.63) is 34.4 Å². The third-order valence-electron chi connectivity index (χ3n) is 3.62. The predicted octanol–water partition coefficient (Wildman–Crippen LogP) is 5.22. The first-order valence-electron chi connectivity index (χ1n) is 7.09. The lowest BCUT2D eigenvalue weighted by molar-refractivity contribution is 0.108. The summed E-state index contributed by atoms with van der Waals surface area (Å²) in [6.45, 7) is 15.1. The molecule has 0 aliphatic rings. The number of carbonyl (C=O) groups excluding carboxylic acids is 1. The van der Waals surface area contributed by atoms with Gasteiger partial charge in [-0.05, 0) is 56.6 Å². The second kappa shape index (κ2) is 6.18. The molecule has 0 aromatic heterocycles. The van der Waals surface area contributed by atoms with Crippen LogP contribution >= 0.6 is 8.58 Å². The second-order valence-corrected chi connectivity index (χ2v) is 8.25. The van der Waals surface area contributed by atoms with Crippen LogP contribution in [0.5, 0.6) is 0 Å². The first-order valence-corrected chi connectivity index (χ1v) is 8.17. The van der Waals surface area contributed by atoms with Crippen LogP contribution in [0, 0.1) is 13.8 Å². The summed E-state index contributed by atoms with van der Waals surface area (Å²) >= 11 is 0. The monoisotopic (exact) mass is 278 g/mol. The summed E-state index contributed by atoms with van der Waals surface area (Å²) in [4.78, 5) is 12.4. The van der Waals surface area contributed by atoms with Gasteiger partial charge in [-0.3, -0.25) is 4.79 Å². The van der Waals surface area contributed by atoms with E-state index in [0.29, 0.717) is 19.8 Å². The quantitative estimate of drug-likeness (QED) is 0.690. The molecule has 2 atom stereocenters. The zero-order valence-corrected chi connectivity index (χ0v) is 14.3. The van der Waals surface area contributed by atoms with E-state index in [1.807, 2.05) is 0 Å². The van der Waals surface area contributed by atoms with E-state index in [0.717, 1.165) is 23.1 Å². The summed E-state index contributed by atoms with van der Waals surface area (Å²) in [5.41, 5.74) is 5.48. The van der Waals surface area contributed by atoms with Gasteiger partial charge in [-0.15, -0.1) is 0 Å². The minimum Gasteiger partial charge on any atom is -0.289 e. The van der Waals surface area contributed by atoms with Crippen LogP contribution in [0.25, 0.3) is 0 Å². The van der Waals surface area contributed by atoms with Gasteiger partial charge < -0.3 is 0 Å². The standard InChI is InChI=1S/C17H27OP/c1-8-13(4)19-16(18)15-11(2)9-14(10-12(15)3)17(5,6)7/h9-10,13,19H,8H2,1-7H3. The van der Waals surface area contributed by atoms with Crippen molar-refractivity contribution in [2.45, 2.75) is 66.0 Å². The van der Waals surface area contributed by atoms with Crippen LogP contribution in [0.15, 0.2) is 12.1 Å². The Morgan fingerprint density at radius 3 is 2.05 bits per heavy atom. The van der Waals surface area contributed by atoms with E-state index in [9.17, 15) is 4.79 Å². The van der Waals surface area contributed by atoms with Gasteiger partial charge in [0, 0.05) is 5.56 Å². The molecule has 0 heterocycles. The highest BCUT2D eigenvalue weighted by Crippen LogP contribution is 2.32. The molecule has 0 fully saturated rings. The van der Waals surface area contributed by atoms with Gasteiger partial charge in [0.25, 0.3) is 0 Å². The van der Waals surface area contributed by atoms with Crippen LogP contribution in [-0.4, -0.2) is 11.2 Å². The second-order valence-electron chi connectivity index (χ2n) is 6.52. The van der Waals surface area contributed by atoms with E-state index >= 15 is 0 Å². The molecule has 106 valence electrons. The van der Waals surface area contributed by atoms with Crippen molar-refractivity contribution < 1.29 is 4.79 Å². The largest absolute Gasteiger partial charge is 0.289 e. The normalized spacial score (nSPS) is 14.1. The Balaban J connectivity index is 3.14. The Kier molecular flexibility index (Phi) is 5.33. The molecule has 2 heteroatoms. The van der Waals surface area contributed by atoms with E-state index in [1.165, 1.54) is 5.56 Å². The molecule has 0 aliphatic heterocycles. The molecule has 19 heavy (non-hydrogen) atoms. The maximum absolute atomic E-state index is 12.4. The SMILES string of the molecule is CCC(C)PC(=O)c1c(C)cc(C(C)(C)C)cc1C. The molecule has 0 N–H and O–H groups in total. The summed E-state index contributed by atoms with van der Waals surface area (Å²) in [6, 6.07) is 4.36. The number of rotatable bonds is 4. The van der Waals surface area contributed by atoms with Crippen LogP contribution in [0.4, 0.5) is 0 Å². The molecule has 0 amide bonds. The number of aryl methyl sites for hydroxylation is 2. The smallest absolute Gasteiger partial charge is 0.181 e. The van der Waals surface area contributed by atoms with E-state index in [1.54, 1.807) is 0 Å². The van der Waals surface area contributed by atoms with E-state index in [-0.39, 0.29) is 5.41 Å². The van der Waals surface area contributed by atoms with Gasteiger partial charge in [-0.25, -0.2) is 0 Å². The van der Waals surface area contributed by atoms with Gasteiger partial charge in [0.1, 0.15) is 0 Å². The van der Waals surface area contributed by atoms with Gasteiger partial charge in [0.15, 0.2) is 5.52 Å². The summed E-state index contributed by atoms with van der Waals surface area (Å²) in [6.07, 6.45) is 1.07. The summed E-state index contributed by atoms with van der Waals surface area (Å²) < 4.78 is 0. The topological polar surface area (TPSA) is 17.1 Å². The van der Waals surface area contributed by atoms with Gasteiger partial charge in [-0.1, -0.05) is 46.8 Å².